The van der Waals surface area contributed by atoms with Crippen molar-refractivity contribution in [3.05, 3.63) is 114 Å². The molecule has 67 heavy (non-hydrogen) atoms. The molecule has 15 nitrogen and oxygen atoms in total. The number of aromatic amines is 2. The first kappa shape index (κ1) is 45.3. The molecule has 6 aromatic rings. The molecule has 3 aliphatic heterocycles. The van der Waals surface area contributed by atoms with Gasteiger partial charge in [0.15, 0.2) is 0 Å². The average molecular weight is 908 g/mol. The monoisotopic (exact) mass is 907 g/mol. The number of amides is 4. The van der Waals surface area contributed by atoms with Crippen LogP contribution in [0.2, 0.25) is 0 Å². The highest BCUT2D eigenvalue weighted by Gasteiger charge is 2.41. The van der Waals surface area contributed by atoms with Gasteiger partial charge in [-0.25, -0.2) is 19.6 Å². The van der Waals surface area contributed by atoms with Crippen LogP contribution in [0.4, 0.5) is 15.3 Å². The summed E-state index contributed by atoms with van der Waals surface area (Å²) in [5.41, 5.74) is 9.12. The number of imidazole rings is 2. The zero-order chi connectivity index (χ0) is 47.1. The Kier molecular flexibility index (Phi) is 12.7. The Morgan fingerprint density at radius 2 is 1.21 bits per heavy atom. The van der Waals surface area contributed by atoms with Crippen LogP contribution in [0, 0.1) is 11.8 Å². The highest BCUT2D eigenvalue weighted by atomic mass is 16.5. The van der Waals surface area contributed by atoms with Gasteiger partial charge < -0.3 is 39.8 Å². The van der Waals surface area contributed by atoms with Gasteiger partial charge in [-0.15, -0.1) is 0 Å². The van der Waals surface area contributed by atoms with Crippen LogP contribution in [-0.2, 0) is 14.3 Å². The molecule has 3 aliphatic rings. The third-order valence-corrected chi connectivity index (χ3v) is 14.2. The minimum absolute atomic E-state index is 0.0241. The summed E-state index contributed by atoms with van der Waals surface area (Å²) in [7, 11) is 2.76. The summed E-state index contributed by atoms with van der Waals surface area (Å²) >= 11 is 0. The van der Waals surface area contributed by atoms with Crippen molar-refractivity contribution in [1.29, 1.82) is 0 Å². The Morgan fingerprint density at radius 3 is 1.70 bits per heavy atom. The molecule has 0 radical (unpaired) electrons. The molecule has 3 fully saturated rings. The van der Waals surface area contributed by atoms with Crippen LogP contribution in [0.3, 0.4) is 0 Å². The van der Waals surface area contributed by atoms with Crippen molar-refractivity contribution >= 4 is 51.8 Å². The van der Waals surface area contributed by atoms with Crippen LogP contribution in [0.5, 0.6) is 0 Å². The number of benzene rings is 4. The number of rotatable bonds is 12. The highest BCUT2D eigenvalue weighted by molar-refractivity contribution is 5.87. The Bertz CT molecular complexity index is 2770. The molecule has 4 amide bonds. The molecule has 0 aliphatic carbocycles. The molecule has 15 heteroatoms. The van der Waals surface area contributed by atoms with E-state index in [-0.39, 0.29) is 47.8 Å². The zero-order valence-electron chi connectivity index (χ0n) is 39.1. The first-order chi connectivity index (χ1) is 32.3. The SMILES string of the molecule is COC(=O)N[C@H](C(=O)N1CCC[C@H]1c1nc2cc([C@H]3CC[C@H](c4ccc5[nH]c([C@@H]6CCCN6C(=O)[C@H](C(C)C)N(C)C(=O)O)nc5c4)N3c3ccc(-c4ccccc4)cc3)ccc2[nH]1)C(C)C. The molecule has 0 bridgehead atoms. The van der Waals surface area contributed by atoms with Crippen molar-refractivity contribution < 1.29 is 29.0 Å². The van der Waals surface area contributed by atoms with Gasteiger partial charge in [-0.1, -0.05) is 82.3 Å². The number of aromatic nitrogens is 4. The largest absolute Gasteiger partial charge is 0.465 e. The van der Waals surface area contributed by atoms with Gasteiger partial charge in [-0.05, 0) is 109 Å². The maximum atomic E-state index is 14.0. The number of carboxylic acid groups (broad SMARTS) is 1. The number of hydrogen-bond donors (Lipinski definition) is 4. The Morgan fingerprint density at radius 1 is 0.687 bits per heavy atom. The minimum Gasteiger partial charge on any atom is -0.465 e. The number of H-pyrrole nitrogens is 2. The molecule has 0 unspecified atom stereocenters. The second-order valence-corrected chi connectivity index (χ2v) is 19.0. The normalized spacial score (nSPS) is 20.6. The summed E-state index contributed by atoms with van der Waals surface area (Å²) in [6, 6.07) is 30.1. The molecule has 0 saturated carbocycles. The first-order valence-electron chi connectivity index (χ1n) is 23.6. The molecular weight excluding hydrogens is 847 g/mol. The van der Waals surface area contributed by atoms with Gasteiger partial charge in [0.1, 0.15) is 23.7 Å². The molecule has 4 aromatic carbocycles. The third kappa shape index (κ3) is 8.79. The topological polar surface area (TPSA) is 180 Å². The van der Waals surface area contributed by atoms with E-state index < -0.39 is 24.3 Å². The number of ether oxygens (including phenoxy) is 1. The van der Waals surface area contributed by atoms with Crippen LogP contribution in [0.25, 0.3) is 33.2 Å². The predicted molar refractivity (Wildman–Crippen MR) is 257 cm³/mol. The van der Waals surface area contributed by atoms with E-state index in [2.05, 4.69) is 105 Å². The lowest BCUT2D eigenvalue weighted by molar-refractivity contribution is -0.138. The standard InChI is InChI=1S/C52H61N9O6/c1-30(2)45(57-51(64)67-6)49(62)59-26-10-14-43(59)47-53-37-22-18-34(28-39(37)55-47)41-24-25-42(61(41)36-20-16-33(17-21-36)32-12-8-7-9-13-32)35-19-23-38-40(29-35)56-48(54-38)44-15-11-27-60(44)50(63)46(31(3)4)58(5)52(65)66/h7-9,12-13,16-23,28-31,41-46H,10-11,14-15,24-27H2,1-6H3,(H,53,55)(H,54,56)(H,57,64)(H,65,66)/t41-,42-,43+,44+,45+,46+/m1/s1. The number of likely N-dealkylation sites (N-methyl/N-ethyl adjacent to an activating group) is 1. The lowest BCUT2D eigenvalue weighted by atomic mass is 10.0. The molecule has 350 valence electrons. The number of nitrogens with zero attached hydrogens (tertiary/aromatic N) is 6. The summed E-state index contributed by atoms with van der Waals surface area (Å²) in [6.45, 7) is 8.71. The fourth-order valence-electron chi connectivity index (χ4n) is 10.8. The van der Waals surface area contributed by atoms with Gasteiger partial charge in [0.05, 0.1) is 53.3 Å². The predicted octanol–water partition coefficient (Wildman–Crippen LogP) is 9.53. The zero-order valence-corrected chi connectivity index (χ0v) is 39.1. The molecule has 2 aromatic heterocycles. The number of carbonyl (C=O) groups excluding carboxylic acids is 3. The van der Waals surface area contributed by atoms with Crippen LogP contribution < -0.4 is 10.2 Å². The smallest absolute Gasteiger partial charge is 0.407 e. The summed E-state index contributed by atoms with van der Waals surface area (Å²) in [4.78, 5) is 76.6. The Hall–Kier alpha value is -6.90. The van der Waals surface area contributed by atoms with Gasteiger partial charge in [-0.3, -0.25) is 14.5 Å². The summed E-state index contributed by atoms with van der Waals surface area (Å²) in [5.74, 6) is 0.790. The first-order valence-corrected chi connectivity index (χ1v) is 23.6. The molecule has 0 spiro atoms. The lowest BCUT2D eigenvalue weighted by Gasteiger charge is -2.33. The molecule has 9 rings (SSSR count). The van der Waals surface area contributed by atoms with Crippen molar-refractivity contribution in [3.63, 3.8) is 0 Å². The second kappa shape index (κ2) is 18.8. The number of likely N-dealkylation sites (tertiary alicyclic amines) is 2. The van der Waals surface area contributed by atoms with E-state index in [0.717, 1.165) is 99.3 Å². The third-order valence-electron chi connectivity index (χ3n) is 14.2. The number of hydrogen-bond acceptors (Lipinski definition) is 8. The van der Waals surface area contributed by atoms with Crippen LogP contribution in [-0.4, -0.2) is 103 Å². The maximum Gasteiger partial charge on any atom is 0.407 e. The molecule has 6 atom stereocenters. The molecule has 5 heterocycles. The Labute approximate surface area is 390 Å². The van der Waals surface area contributed by atoms with Crippen molar-refractivity contribution in [2.75, 3.05) is 32.1 Å². The number of methoxy groups -OCH3 is 1. The van der Waals surface area contributed by atoms with Crippen molar-refractivity contribution in [3.8, 4) is 11.1 Å². The van der Waals surface area contributed by atoms with E-state index in [4.69, 9.17) is 14.7 Å². The fourth-order valence-corrected chi connectivity index (χ4v) is 10.8. The van der Waals surface area contributed by atoms with E-state index >= 15 is 0 Å². The van der Waals surface area contributed by atoms with Gasteiger partial charge in [0.2, 0.25) is 11.8 Å². The highest BCUT2D eigenvalue weighted by Crippen LogP contribution is 2.48. The second-order valence-electron chi connectivity index (χ2n) is 19.0. The molecule has 4 N–H and O–H groups in total. The lowest BCUT2D eigenvalue weighted by Crippen LogP contribution is -2.51. The number of fused-ring (bicyclic) bond motifs is 2. The Balaban J connectivity index is 1.02. The van der Waals surface area contributed by atoms with E-state index in [1.165, 1.54) is 14.2 Å². The van der Waals surface area contributed by atoms with Crippen molar-refractivity contribution in [2.24, 2.45) is 11.8 Å². The van der Waals surface area contributed by atoms with E-state index in [1.54, 1.807) is 4.90 Å². The van der Waals surface area contributed by atoms with E-state index in [1.807, 2.05) is 38.7 Å². The van der Waals surface area contributed by atoms with Crippen LogP contribution >= 0.6 is 0 Å². The summed E-state index contributed by atoms with van der Waals surface area (Å²) in [5, 5.41) is 12.5. The van der Waals surface area contributed by atoms with Gasteiger partial charge in [0, 0.05) is 25.8 Å². The quantitative estimate of drug-likeness (QED) is 0.0930. The summed E-state index contributed by atoms with van der Waals surface area (Å²) in [6.07, 6.45) is 3.18. The van der Waals surface area contributed by atoms with Gasteiger partial charge in [0.25, 0.3) is 0 Å². The number of carbonyl (C=O) groups is 4. The van der Waals surface area contributed by atoms with Gasteiger partial charge >= 0.3 is 12.2 Å². The van der Waals surface area contributed by atoms with Crippen LogP contribution in [0.15, 0.2) is 91.0 Å². The van der Waals surface area contributed by atoms with Crippen molar-refractivity contribution in [2.45, 2.75) is 102 Å². The minimum atomic E-state index is -1.13. The van der Waals surface area contributed by atoms with E-state index in [9.17, 15) is 24.3 Å². The number of alkyl carbamates (subject to hydrolysis) is 1. The van der Waals surface area contributed by atoms with Crippen molar-refractivity contribution in [1.82, 2.24) is 40.0 Å². The molecular formula is C52H61N9O6. The number of nitrogens with one attached hydrogen (secondary N) is 3. The molecule has 3 saturated heterocycles. The average Bonchev–Trinajstić information content (AvgIpc) is 4.19. The maximum absolute atomic E-state index is 14.0. The van der Waals surface area contributed by atoms with Gasteiger partial charge in [-0.2, -0.15) is 0 Å². The fraction of sp³-hybridized carbons (Fsp3) is 0.423. The van der Waals surface area contributed by atoms with E-state index in [0.29, 0.717) is 18.9 Å². The number of anilines is 1. The summed E-state index contributed by atoms with van der Waals surface area (Å²) < 4.78 is 4.83. The van der Waals surface area contributed by atoms with Crippen LogP contribution in [0.1, 0.15) is 113 Å².